The second-order valence-electron chi connectivity index (χ2n) is 6.83. The summed E-state index contributed by atoms with van der Waals surface area (Å²) in [7, 11) is 0. The van der Waals surface area contributed by atoms with Crippen LogP contribution in [0.15, 0.2) is 0 Å². The number of ether oxygens (including phenoxy) is 1. The first kappa shape index (κ1) is 14.8. The molecule has 4 heteroatoms. The van der Waals surface area contributed by atoms with Gasteiger partial charge in [-0.3, -0.25) is 4.90 Å². The number of aliphatic hydroxyl groups is 1. The Hall–Kier alpha value is -0.630. The zero-order valence-corrected chi connectivity index (χ0v) is 12.3. The number of hydrogen-bond donors (Lipinski definition) is 1. The van der Waals surface area contributed by atoms with Crippen molar-refractivity contribution in [3.63, 3.8) is 0 Å². The molecule has 0 radical (unpaired) electrons. The number of nitrogens with zero attached hydrogens (tertiary/aromatic N) is 2. The van der Waals surface area contributed by atoms with Crippen molar-refractivity contribution >= 4 is 0 Å². The third kappa shape index (κ3) is 3.47. The molecule has 4 atom stereocenters. The Morgan fingerprint density at radius 3 is 2.79 bits per heavy atom. The van der Waals surface area contributed by atoms with Crippen LogP contribution in [0.1, 0.15) is 40.0 Å². The molecular weight excluding hydrogens is 240 g/mol. The fourth-order valence-corrected chi connectivity index (χ4v) is 3.59. The van der Waals surface area contributed by atoms with E-state index in [0.29, 0.717) is 12.0 Å². The predicted molar refractivity (Wildman–Crippen MR) is 73.5 cm³/mol. The van der Waals surface area contributed by atoms with Crippen molar-refractivity contribution in [1.82, 2.24) is 4.90 Å². The van der Waals surface area contributed by atoms with Crippen molar-refractivity contribution in [2.75, 3.05) is 19.7 Å². The van der Waals surface area contributed by atoms with Gasteiger partial charge in [0.1, 0.15) is 0 Å². The van der Waals surface area contributed by atoms with Crippen LogP contribution < -0.4 is 0 Å². The summed E-state index contributed by atoms with van der Waals surface area (Å²) in [6, 6.07) is 2.81. The summed E-state index contributed by atoms with van der Waals surface area (Å²) >= 11 is 0. The Morgan fingerprint density at radius 2 is 2.16 bits per heavy atom. The summed E-state index contributed by atoms with van der Waals surface area (Å²) in [5.41, 5.74) is -0.244. The molecule has 1 heterocycles. The van der Waals surface area contributed by atoms with E-state index >= 15 is 0 Å². The van der Waals surface area contributed by atoms with E-state index < -0.39 is 0 Å². The SMILES string of the molecule is CC1CCC(C#N)C(N2CC(CO)OC(C)(C)C2)C1. The summed E-state index contributed by atoms with van der Waals surface area (Å²) < 4.78 is 5.87. The van der Waals surface area contributed by atoms with Gasteiger partial charge >= 0.3 is 0 Å². The first-order valence-corrected chi connectivity index (χ1v) is 7.37. The summed E-state index contributed by atoms with van der Waals surface area (Å²) in [5, 5.41) is 18.8. The molecule has 2 rings (SSSR count). The third-order valence-corrected chi connectivity index (χ3v) is 4.42. The molecule has 2 fully saturated rings. The molecule has 0 amide bonds. The molecule has 4 unspecified atom stereocenters. The van der Waals surface area contributed by atoms with Crippen molar-refractivity contribution in [2.45, 2.75) is 57.8 Å². The first-order valence-electron chi connectivity index (χ1n) is 7.37. The minimum atomic E-state index is -0.244. The molecule has 4 nitrogen and oxygen atoms in total. The smallest absolute Gasteiger partial charge is 0.0940 e. The van der Waals surface area contributed by atoms with E-state index in [4.69, 9.17) is 4.74 Å². The van der Waals surface area contributed by atoms with Crippen LogP contribution in [-0.2, 0) is 4.74 Å². The second-order valence-corrected chi connectivity index (χ2v) is 6.83. The molecule has 108 valence electrons. The monoisotopic (exact) mass is 266 g/mol. The molecule has 2 aliphatic rings. The van der Waals surface area contributed by atoms with E-state index in [-0.39, 0.29) is 24.2 Å². The van der Waals surface area contributed by atoms with Crippen molar-refractivity contribution in [2.24, 2.45) is 11.8 Å². The van der Waals surface area contributed by atoms with Crippen molar-refractivity contribution < 1.29 is 9.84 Å². The largest absolute Gasteiger partial charge is 0.394 e. The molecule has 1 aliphatic heterocycles. The molecule has 1 saturated carbocycles. The lowest BCUT2D eigenvalue weighted by Gasteiger charge is -2.48. The van der Waals surface area contributed by atoms with E-state index in [1.807, 2.05) is 0 Å². The van der Waals surface area contributed by atoms with Crippen LogP contribution in [0.5, 0.6) is 0 Å². The number of hydrogen-bond acceptors (Lipinski definition) is 4. The maximum Gasteiger partial charge on any atom is 0.0940 e. The number of aliphatic hydroxyl groups excluding tert-OH is 1. The van der Waals surface area contributed by atoms with Crippen LogP contribution in [0.4, 0.5) is 0 Å². The normalized spacial score (nSPS) is 39.7. The molecule has 0 bridgehead atoms. The highest BCUT2D eigenvalue weighted by atomic mass is 16.5. The standard InChI is InChI=1S/C15H26N2O2/c1-11-4-5-12(7-16)14(6-11)17-8-13(9-18)19-15(2,3)10-17/h11-14,18H,4-6,8-10H2,1-3H3. The van der Waals surface area contributed by atoms with E-state index in [1.165, 1.54) is 0 Å². The Balaban J connectivity index is 2.11. The highest BCUT2D eigenvalue weighted by Gasteiger charge is 2.40. The molecular formula is C15H26N2O2. The minimum Gasteiger partial charge on any atom is -0.394 e. The lowest BCUT2D eigenvalue weighted by molar-refractivity contribution is -0.162. The minimum absolute atomic E-state index is 0.0550. The van der Waals surface area contributed by atoms with Crippen molar-refractivity contribution in [1.29, 1.82) is 5.26 Å². The first-order chi connectivity index (χ1) is 8.95. The molecule has 1 aliphatic carbocycles. The summed E-state index contributed by atoms with van der Waals surface area (Å²) in [6.45, 7) is 8.05. The van der Waals surface area contributed by atoms with Crippen LogP contribution in [0.3, 0.4) is 0 Å². The Morgan fingerprint density at radius 1 is 1.42 bits per heavy atom. The second kappa shape index (κ2) is 5.78. The van der Waals surface area contributed by atoms with Gasteiger partial charge in [0.25, 0.3) is 0 Å². The van der Waals surface area contributed by atoms with Gasteiger partial charge in [-0.25, -0.2) is 0 Å². The molecule has 0 aromatic rings. The molecule has 0 aromatic carbocycles. The molecule has 1 N–H and O–H groups in total. The fourth-order valence-electron chi connectivity index (χ4n) is 3.59. The van der Waals surface area contributed by atoms with Gasteiger partial charge in [0.2, 0.25) is 0 Å². The van der Waals surface area contributed by atoms with E-state index in [2.05, 4.69) is 31.7 Å². The molecule has 1 saturated heterocycles. The lowest BCUT2D eigenvalue weighted by atomic mass is 9.78. The van der Waals surface area contributed by atoms with Gasteiger partial charge in [-0.2, -0.15) is 5.26 Å². The zero-order chi connectivity index (χ0) is 14.0. The van der Waals surface area contributed by atoms with Crippen LogP contribution in [0.25, 0.3) is 0 Å². The van der Waals surface area contributed by atoms with E-state index in [0.717, 1.165) is 32.4 Å². The number of nitriles is 1. The fraction of sp³-hybridized carbons (Fsp3) is 0.933. The Kier molecular flexibility index (Phi) is 4.50. The molecule has 0 spiro atoms. The highest BCUT2D eigenvalue weighted by molar-refractivity contribution is 4.99. The van der Waals surface area contributed by atoms with Crippen LogP contribution >= 0.6 is 0 Å². The lowest BCUT2D eigenvalue weighted by Crippen LogP contribution is -2.58. The van der Waals surface area contributed by atoms with Gasteiger partial charge in [-0.1, -0.05) is 6.92 Å². The van der Waals surface area contributed by atoms with Crippen LogP contribution in [-0.4, -0.2) is 47.4 Å². The van der Waals surface area contributed by atoms with Crippen LogP contribution in [0, 0.1) is 23.2 Å². The van der Waals surface area contributed by atoms with Gasteiger partial charge in [-0.15, -0.1) is 0 Å². The molecule has 0 aromatic heterocycles. The predicted octanol–water partition coefficient (Wildman–Crippen LogP) is 1.79. The van der Waals surface area contributed by atoms with Gasteiger partial charge in [0.05, 0.1) is 30.3 Å². The van der Waals surface area contributed by atoms with Gasteiger partial charge in [0, 0.05) is 19.1 Å². The summed E-state index contributed by atoms with van der Waals surface area (Å²) in [6.07, 6.45) is 3.13. The number of morpholine rings is 1. The Labute approximate surface area is 116 Å². The summed E-state index contributed by atoms with van der Waals surface area (Å²) in [4.78, 5) is 2.38. The van der Waals surface area contributed by atoms with Gasteiger partial charge in [0.15, 0.2) is 0 Å². The maximum absolute atomic E-state index is 9.40. The van der Waals surface area contributed by atoms with Gasteiger partial charge < -0.3 is 9.84 Å². The molecule has 19 heavy (non-hydrogen) atoms. The topological polar surface area (TPSA) is 56.5 Å². The third-order valence-electron chi connectivity index (χ3n) is 4.42. The average Bonchev–Trinajstić information content (AvgIpc) is 2.36. The van der Waals surface area contributed by atoms with Crippen molar-refractivity contribution in [3.05, 3.63) is 0 Å². The quantitative estimate of drug-likeness (QED) is 0.828. The zero-order valence-electron chi connectivity index (χ0n) is 12.3. The van der Waals surface area contributed by atoms with E-state index in [1.54, 1.807) is 0 Å². The number of rotatable bonds is 2. The Bertz CT molecular complexity index is 351. The van der Waals surface area contributed by atoms with Crippen LogP contribution in [0.2, 0.25) is 0 Å². The van der Waals surface area contributed by atoms with Crippen molar-refractivity contribution in [3.8, 4) is 6.07 Å². The average molecular weight is 266 g/mol. The maximum atomic E-state index is 9.40. The van der Waals surface area contributed by atoms with E-state index in [9.17, 15) is 10.4 Å². The van der Waals surface area contributed by atoms with Gasteiger partial charge in [-0.05, 0) is 39.0 Å². The highest BCUT2D eigenvalue weighted by Crippen LogP contribution is 2.34. The summed E-state index contributed by atoms with van der Waals surface area (Å²) in [5.74, 6) is 0.817.